The predicted molar refractivity (Wildman–Crippen MR) is 139 cm³/mol. The van der Waals surface area contributed by atoms with Gasteiger partial charge in [-0.1, -0.05) is 55.4 Å². The van der Waals surface area contributed by atoms with Gasteiger partial charge in [-0.2, -0.15) is 0 Å². The van der Waals surface area contributed by atoms with Crippen molar-refractivity contribution in [2.75, 3.05) is 5.32 Å². The number of aliphatic carboxylic acids is 1. The van der Waals surface area contributed by atoms with E-state index in [0.717, 1.165) is 11.1 Å². The third kappa shape index (κ3) is 7.62. The van der Waals surface area contributed by atoms with Crippen LogP contribution in [0.2, 0.25) is 0 Å². The number of carboxylic acid groups (broad SMARTS) is 1. The molecule has 1 aliphatic carbocycles. The molecule has 5 nitrogen and oxygen atoms in total. The van der Waals surface area contributed by atoms with E-state index in [-0.39, 0.29) is 17.1 Å². The fourth-order valence-corrected chi connectivity index (χ4v) is 4.21. The SMILES string of the molecule is CC(C=CC1=C(C)CCCC1(C)C)=CC=CC(C)=CC(=O)Nc1ccc(O)cc1C(C)C(=O)O. The van der Waals surface area contributed by atoms with Crippen LogP contribution >= 0.6 is 0 Å². The molecule has 1 unspecified atom stereocenters. The second-order valence-corrected chi connectivity index (χ2v) is 9.74. The molecule has 0 aliphatic heterocycles. The standard InChI is InChI=1S/C29H37NO4/c1-19(12-14-25-21(3)11-8-16-29(25,5)6)9-7-10-20(2)17-27(32)30-26-15-13-23(31)18-24(26)22(4)28(33)34/h7,9-10,12-15,17-18,22,31H,8,11,16H2,1-6H3,(H,30,32)(H,33,34). The lowest BCUT2D eigenvalue weighted by Crippen LogP contribution is -2.19. The number of benzene rings is 1. The van der Waals surface area contributed by atoms with E-state index in [2.05, 4.69) is 38.2 Å². The minimum atomic E-state index is -1.04. The molecule has 182 valence electrons. The average molecular weight is 464 g/mol. The van der Waals surface area contributed by atoms with Gasteiger partial charge in [0.15, 0.2) is 0 Å². The van der Waals surface area contributed by atoms with E-state index >= 15 is 0 Å². The number of phenolic OH excluding ortho intramolecular Hbond substituents is 1. The Morgan fingerprint density at radius 2 is 1.85 bits per heavy atom. The zero-order valence-corrected chi connectivity index (χ0v) is 21.1. The molecule has 0 fully saturated rings. The van der Waals surface area contributed by atoms with Crippen LogP contribution in [-0.4, -0.2) is 22.1 Å². The largest absolute Gasteiger partial charge is 0.508 e. The normalized spacial score (nSPS) is 17.9. The van der Waals surface area contributed by atoms with E-state index in [1.807, 2.05) is 32.1 Å². The summed E-state index contributed by atoms with van der Waals surface area (Å²) in [6.45, 7) is 12.2. The molecule has 1 atom stereocenters. The van der Waals surface area contributed by atoms with E-state index < -0.39 is 11.9 Å². The fourth-order valence-electron chi connectivity index (χ4n) is 4.21. The van der Waals surface area contributed by atoms with Crippen LogP contribution in [0.25, 0.3) is 0 Å². The second kappa shape index (κ2) is 11.7. The highest BCUT2D eigenvalue weighted by Gasteiger charge is 2.26. The van der Waals surface area contributed by atoms with Gasteiger partial charge >= 0.3 is 5.97 Å². The number of carbonyl (C=O) groups excluding carboxylic acids is 1. The van der Waals surface area contributed by atoms with E-state index in [1.165, 1.54) is 61.6 Å². The highest BCUT2D eigenvalue weighted by atomic mass is 16.4. The molecule has 0 bridgehead atoms. The number of allylic oxidation sites excluding steroid dienone is 9. The van der Waals surface area contributed by atoms with Crippen molar-refractivity contribution in [2.45, 2.75) is 66.7 Å². The summed E-state index contributed by atoms with van der Waals surface area (Å²) in [6, 6.07) is 4.28. The molecular weight excluding hydrogens is 426 g/mol. The van der Waals surface area contributed by atoms with E-state index in [1.54, 1.807) is 0 Å². The predicted octanol–water partition coefficient (Wildman–Crippen LogP) is 7.05. The van der Waals surface area contributed by atoms with Crippen LogP contribution in [0.3, 0.4) is 0 Å². The zero-order valence-electron chi connectivity index (χ0n) is 21.1. The lowest BCUT2D eigenvalue weighted by atomic mass is 9.72. The minimum absolute atomic E-state index is 0.0505. The molecule has 0 radical (unpaired) electrons. The van der Waals surface area contributed by atoms with Crippen molar-refractivity contribution in [1.82, 2.24) is 0 Å². The Morgan fingerprint density at radius 1 is 1.15 bits per heavy atom. The lowest BCUT2D eigenvalue weighted by Gasteiger charge is -2.32. The molecule has 1 aromatic carbocycles. The first kappa shape index (κ1) is 26.9. The van der Waals surface area contributed by atoms with Crippen LogP contribution < -0.4 is 5.32 Å². The quantitative estimate of drug-likeness (QED) is 0.219. The molecule has 0 spiro atoms. The molecule has 1 aliphatic rings. The van der Waals surface area contributed by atoms with Gasteiger partial charge in [-0.25, -0.2) is 0 Å². The Hall–Kier alpha value is -3.34. The summed E-state index contributed by atoms with van der Waals surface area (Å²) in [5.74, 6) is -2.32. The van der Waals surface area contributed by atoms with Crippen LogP contribution in [0.15, 0.2) is 76.9 Å². The molecule has 2 rings (SSSR count). The topological polar surface area (TPSA) is 86.6 Å². The number of hydrogen-bond acceptors (Lipinski definition) is 3. The highest BCUT2D eigenvalue weighted by Crippen LogP contribution is 2.40. The molecule has 34 heavy (non-hydrogen) atoms. The third-order valence-electron chi connectivity index (χ3n) is 6.26. The molecule has 0 saturated heterocycles. The van der Waals surface area contributed by atoms with Crippen LogP contribution in [0.1, 0.15) is 72.3 Å². The van der Waals surface area contributed by atoms with Gasteiger partial charge in [-0.3, -0.25) is 9.59 Å². The smallest absolute Gasteiger partial charge is 0.310 e. The molecule has 3 N–H and O–H groups in total. The van der Waals surface area contributed by atoms with Gasteiger partial charge in [-0.05, 0) is 87.3 Å². The van der Waals surface area contributed by atoms with E-state index in [0.29, 0.717) is 11.3 Å². The maximum absolute atomic E-state index is 12.5. The Bertz CT molecular complexity index is 1080. The Morgan fingerprint density at radius 3 is 2.50 bits per heavy atom. The molecule has 5 heteroatoms. The van der Waals surface area contributed by atoms with E-state index in [4.69, 9.17) is 0 Å². The minimum Gasteiger partial charge on any atom is -0.508 e. The van der Waals surface area contributed by atoms with Crippen molar-refractivity contribution in [2.24, 2.45) is 5.41 Å². The van der Waals surface area contributed by atoms with Gasteiger partial charge in [0.25, 0.3) is 0 Å². The number of anilines is 1. The monoisotopic (exact) mass is 463 g/mol. The van der Waals surface area contributed by atoms with Crippen molar-refractivity contribution in [3.63, 3.8) is 0 Å². The van der Waals surface area contributed by atoms with Crippen LogP contribution in [-0.2, 0) is 9.59 Å². The third-order valence-corrected chi connectivity index (χ3v) is 6.26. The Labute approximate surface area is 203 Å². The Balaban J connectivity index is 2.06. The number of phenols is 1. The number of amides is 1. The van der Waals surface area contributed by atoms with Crippen molar-refractivity contribution < 1.29 is 19.8 Å². The maximum Gasteiger partial charge on any atom is 0.310 e. The van der Waals surface area contributed by atoms with Crippen LogP contribution in [0.4, 0.5) is 5.69 Å². The first-order chi connectivity index (χ1) is 15.9. The summed E-state index contributed by atoms with van der Waals surface area (Å²) >= 11 is 0. The summed E-state index contributed by atoms with van der Waals surface area (Å²) in [7, 11) is 0. The number of carboxylic acids is 1. The molecule has 1 amide bonds. The maximum atomic E-state index is 12.5. The van der Waals surface area contributed by atoms with Gasteiger partial charge < -0.3 is 15.5 Å². The fraction of sp³-hybridized carbons (Fsp3) is 0.379. The molecular formula is C29H37NO4. The zero-order chi connectivity index (χ0) is 25.5. The van der Waals surface area contributed by atoms with Crippen LogP contribution in [0.5, 0.6) is 5.75 Å². The van der Waals surface area contributed by atoms with Gasteiger partial charge in [0.2, 0.25) is 5.91 Å². The number of aromatic hydroxyl groups is 1. The molecule has 0 heterocycles. The van der Waals surface area contributed by atoms with Gasteiger partial charge in [-0.15, -0.1) is 0 Å². The van der Waals surface area contributed by atoms with Crippen molar-refractivity contribution in [1.29, 1.82) is 0 Å². The summed E-state index contributed by atoms with van der Waals surface area (Å²) in [5.41, 5.74) is 5.68. The van der Waals surface area contributed by atoms with Gasteiger partial charge in [0.05, 0.1) is 5.92 Å². The second-order valence-electron chi connectivity index (χ2n) is 9.74. The number of carbonyl (C=O) groups is 2. The first-order valence-electron chi connectivity index (χ1n) is 11.7. The van der Waals surface area contributed by atoms with Gasteiger partial charge in [0.1, 0.15) is 5.75 Å². The number of hydrogen-bond donors (Lipinski definition) is 3. The van der Waals surface area contributed by atoms with Crippen LogP contribution in [0, 0.1) is 5.41 Å². The number of nitrogens with one attached hydrogen (secondary N) is 1. The summed E-state index contributed by atoms with van der Waals surface area (Å²) < 4.78 is 0. The summed E-state index contributed by atoms with van der Waals surface area (Å²) in [6.07, 6.45) is 15.2. The van der Waals surface area contributed by atoms with Crippen molar-refractivity contribution >= 4 is 17.6 Å². The first-order valence-corrected chi connectivity index (χ1v) is 11.7. The van der Waals surface area contributed by atoms with E-state index in [9.17, 15) is 19.8 Å². The Kier molecular flexibility index (Phi) is 9.25. The number of rotatable bonds is 8. The average Bonchev–Trinajstić information content (AvgIpc) is 2.73. The summed E-state index contributed by atoms with van der Waals surface area (Å²) in [5, 5.41) is 21.7. The molecule has 0 aromatic heterocycles. The lowest BCUT2D eigenvalue weighted by molar-refractivity contribution is -0.138. The van der Waals surface area contributed by atoms with Crippen molar-refractivity contribution in [3.05, 3.63) is 82.5 Å². The van der Waals surface area contributed by atoms with Gasteiger partial charge in [0, 0.05) is 11.8 Å². The molecule has 1 aromatic rings. The highest BCUT2D eigenvalue weighted by molar-refractivity contribution is 6.01. The molecule has 0 saturated carbocycles. The summed E-state index contributed by atoms with van der Waals surface area (Å²) in [4.78, 5) is 23.8. The van der Waals surface area contributed by atoms with Crippen molar-refractivity contribution in [3.8, 4) is 5.75 Å².